The first-order valence-corrected chi connectivity index (χ1v) is 6.79. The molecule has 0 N–H and O–H groups in total. The summed E-state index contributed by atoms with van der Waals surface area (Å²) in [5, 5.41) is 4.42. The van der Waals surface area contributed by atoms with E-state index in [0.717, 1.165) is 23.9 Å². The Morgan fingerprint density at radius 3 is 2.56 bits per heavy atom. The fourth-order valence-corrected chi connectivity index (χ4v) is 2.33. The summed E-state index contributed by atoms with van der Waals surface area (Å²) in [6.07, 6.45) is 3.14. The lowest BCUT2D eigenvalue weighted by atomic mass is 10.1. The van der Waals surface area contributed by atoms with E-state index in [4.69, 9.17) is 0 Å². The lowest BCUT2D eigenvalue weighted by Crippen LogP contribution is -2.32. The van der Waals surface area contributed by atoms with Gasteiger partial charge in [-0.3, -0.25) is 9.48 Å². The van der Waals surface area contributed by atoms with Gasteiger partial charge in [-0.15, -0.1) is 0 Å². The van der Waals surface area contributed by atoms with Crippen LogP contribution in [0.5, 0.6) is 0 Å². The van der Waals surface area contributed by atoms with E-state index < -0.39 is 0 Å². The zero-order chi connectivity index (χ0) is 13.3. The molecule has 0 unspecified atom stereocenters. The van der Waals surface area contributed by atoms with Gasteiger partial charge in [0.15, 0.2) is 0 Å². The first-order chi connectivity index (χ1) is 8.52. The second-order valence-corrected chi connectivity index (χ2v) is 5.34. The third-order valence-electron chi connectivity index (χ3n) is 3.84. The molecule has 0 radical (unpaired) electrons. The van der Waals surface area contributed by atoms with Crippen molar-refractivity contribution in [3.8, 4) is 0 Å². The highest BCUT2D eigenvalue weighted by Crippen LogP contribution is 2.30. The van der Waals surface area contributed by atoms with Gasteiger partial charge in [0.1, 0.15) is 0 Å². The molecule has 18 heavy (non-hydrogen) atoms. The molecule has 0 atom stereocenters. The highest BCUT2D eigenvalue weighted by Gasteiger charge is 2.27. The van der Waals surface area contributed by atoms with Crippen LogP contribution < -0.4 is 0 Å². The average Bonchev–Trinajstić information content (AvgIpc) is 3.12. The van der Waals surface area contributed by atoms with Crippen molar-refractivity contribution in [3.63, 3.8) is 0 Å². The highest BCUT2D eigenvalue weighted by atomic mass is 16.2. The van der Waals surface area contributed by atoms with Crippen molar-refractivity contribution in [1.82, 2.24) is 14.7 Å². The second-order valence-electron chi connectivity index (χ2n) is 5.34. The van der Waals surface area contributed by atoms with Crippen LogP contribution in [0, 0.1) is 19.8 Å². The molecule has 0 saturated heterocycles. The summed E-state index contributed by atoms with van der Waals surface area (Å²) in [7, 11) is 1.96. The quantitative estimate of drug-likeness (QED) is 0.802. The molecular formula is C14H23N3O. The zero-order valence-electron chi connectivity index (χ0n) is 11.9. The number of carbonyl (C=O) groups is 1. The summed E-state index contributed by atoms with van der Waals surface area (Å²) in [4.78, 5) is 14.0. The van der Waals surface area contributed by atoms with Crippen LogP contribution >= 0.6 is 0 Å². The summed E-state index contributed by atoms with van der Waals surface area (Å²) >= 11 is 0. The van der Waals surface area contributed by atoms with E-state index in [9.17, 15) is 4.79 Å². The van der Waals surface area contributed by atoms with Gasteiger partial charge in [0.2, 0.25) is 5.91 Å². The Balaban J connectivity index is 2.13. The van der Waals surface area contributed by atoms with Gasteiger partial charge in [-0.2, -0.15) is 5.10 Å². The lowest BCUT2D eigenvalue weighted by molar-refractivity contribution is -0.131. The average molecular weight is 249 g/mol. The molecule has 0 bridgehead atoms. The van der Waals surface area contributed by atoms with E-state index in [0.29, 0.717) is 13.0 Å². The van der Waals surface area contributed by atoms with E-state index in [2.05, 4.69) is 12.0 Å². The number of hydrogen-bond acceptors (Lipinski definition) is 2. The molecular weight excluding hydrogens is 226 g/mol. The number of carbonyl (C=O) groups excluding carboxylic acids is 1. The maximum atomic E-state index is 12.0. The molecule has 100 valence electrons. The van der Waals surface area contributed by atoms with E-state index in [-0.39, 0.29) is 5.91 Å². The van der Waals surface area contributed by atoms with Crippen molar-refractivity contribution in [3.05, 3.63) is 17.0 Å². The molecule has 4 heteroatoms. The summed E-state index contributed by atoms with van der Waals surface area (Å²) in [6.45, 7) is 7.66. The van der Waals surface area contributed by atoms with Crippen molar-refractivity contribution in [2.75, 3.05) is 6.54 Å². The second kappa shape index (κ2) is 5.12. The van der Waals surface area contributed by atoms with Gasteiger partial charge in [-0.1, -0.05) is 6.92 Å². The molecule has 1 saturated carbocycles. The molecule has 4 nitrogen and oxygen atoms in total. The summed E-state index contributed by atoms with van der Waals surface area (Å²) in [5.41, 5.74) is 3.41. The van der Waals surface area contributed by atoms with Crippen molar-refractivity contribution in [1.29, 1.82) is 0 Å². The van der Waals surface area contributed by atoms with Gasteiger partial charge in [0.05, 0.1) is 5.69 Å². The fraction of sp³-hybridized carbons (Fsp3) is 0.714. The molecule has 1 heterocycles. The predicted octanol–water partition coefficient (Wildman–Crippen LogP) is 2.19. The Hall–Kier alpha value is -1.32. The minimum atomic E-state index is 0.254. The molecule has 0 aliphatic heterocycles. The van der Waals surface area contributed by atoms with E-state index in [1.807, 2.05) is 30.5 Å². The molecule has 1 fully saturated rings. The minimum absolute atomic E-state index is 0.254. The Labute approximate surface area is 109 Å². The maximum Gasteiger partial charge on any atom is 0.222 e. The minimum Gasteiger partial charge on any atom is -0.338 e. The molecule has 0 spiro atoms. The molecule has 1 amide bonds. The largest absolute Gasteiger partial charge is 0.338 e. The van der Waals surface area contributed by atoms with Crippen molar-refractivity contribution in [2.45, 2.75) is 46.6 Å². The number of aryl methyl sites for hydroxylation is 2. The normalized spacial score (nSPS) is 14.9. The van der Waals surface area contributed by atoms with Gasteiger partial charge in [0.25, 0.3) is 0 Å². The molecule has 2 rings (SSSR count). The van der Waals surface area contributed by atoms with Crippen LogP contribution in [-0.4, -0.2) is 27.1 Å². The predicted molar refractivity (Wildman–Crippen MR) is 71.1 cm³/mol. The molecule has 1 aliphatic rings. The Kier molecular flexibility index (Phi) is 3.73. The lowest BCUT2D eigenvalue weighted by Gasteiger charge is -2.22. The monoisotopic (exact) mass is 249 g/mol. The van der Waals surface area contributed by atoms with E-state index >= 15 is 0 Å². The van der Waals surface area contributed by atoms with Crippen LogP contribution in [0.15, 0.2) is 0 Å². The van der Waals surface area contributed by atoms with Crippen LogP contribution in [0.2, 0.25) is 0 Å². The van der Waals surface area contributed by atoms with Gasteiger partial charge in [-0.05, 0) is 32.6 Å². The number of hydrogen-bond donors (Lipinski definition) is 0. The number of rotatable bonds is 5. The maximum absolute atomic E-state index is 12.0. The first kappa shape index (κ1) is 13.1. The summed E-state index contributed by atoms with van der Waals surface area (Å²) < 4.78 is 1.90. The Morgan fingerprint density at radius 1 is 1.44 bits per heavy atom. The summed E-state index contributed by atoms with van der Waals surface area (Å²) in [6, 6.07) is 0. The third kappa shape index (κ3) is 2.74. The van der Waals surface area contributed by atoms with Gasteiger partial charge < -0.3 is 4.90 Å². The van der Waals surface area contributed by atoms with Crippen LogP contribution in [-0.2, 0) is 18.4 Å². The van der Waals surface area contributed by atoms with Crippen molar-refractivity contribution < 1.29 is 4.79 Å². The molecule has 0 aromatic carbocycles. The van der Waals surface area contributed by atoms with Gasteiger partial charge >= 0.3 is 0 Å². The van der Waals surface area contributed by atoms with Crippen LogP contribution in [0.1, 0.15) is 43.1 Å². The van der Waals surface area contributed by atoms with Gasteiger partial charge in [0, 0.05) is 37.8 Å². The number of nitrogens with zero attached hydrogens (tertiary/aromatic N) is 3. The highest BCUT2D eigenvalue weighted by molar-refractivity contribution is 5.75. The standard InChI is InChI=1S/C14H23N3O/c1-5-14(18)17(8-12-6-7-12)9-13-10(2)15-16(4)11(13)3/h12H,5-9H2,1-4H3. The number of aromatic nitrogens is 2. The van der Waals surface area contributed by atoms with Crippen molar-refractivity contribution >= 4 is 5.91 Å². The Morgan fingerprint density at radius 2 is 2.11 bits per heavy atom. The van der Waals surface area contributed by atoms with E-state index in [1.165, 1.54) is 18.4 Å². The van der Waals surface area contributed by atoms with Crippen LogP contribution in [0.3, 0.4) is 0 Å². The van der Waals surface area contributed by atoms with Crippen LogP contribution in [0.4, 0.5) is 0 Å². The fourth-order valence-electron chi connectivity index (χ4n) is 2.33. The topological polar surface area (TPSA) is 38.1 Å². The van der Waals surface area contributed by atoms with Crippen molar-refractivity contribution in [2.24, 2.45) is 13.0 Å². The summed E-state index contributed by atoms with van der Waals surface area (Å²) in [5.74, 6) is 0.988. The Bertz CT molecular complexity index is 446. The smallest absolute Gasteiger partial charge is 0.222 e. The first-order valence-electron chi connectivity index (χ1n) is 6.79. The van der Waals surface area contributed by atoms with Crippen LogP contribution in [0.25, 0.3) is 0 Å². The number of amides is 1. The molecule has 1 aromatic heterocycles. The molecule has 1 aliphatic carbocycles. The van der Waals surface area contributed by atoms with Gasteiger partial charge in [-0.25, -0.2) is 0 Å². The van der Waals surface area contributed by atoms with E-state index in [1.54, 1.807) is 0 Å². The molecule has 1 aromatic rings. The third-order valence-corrected chi connectivity index (χ3v) is 3.84. The zero-order valence-corrected chi connectivity index (χ0v) is 11.9. The SMILES string of the molecule is CCC(=O)N(Cc1c(C)nn(C)c1C)CC1CC1.